The number of nitrogens with zero attached hydrogens (tertiary/aromatic N) is 2. The Morgan fingerprint density at radius 1 is 1.41 bits per heavy atom. The SMILES string of the molecule is CCN1c2cc(C)c(/C=C(/C#N)C(=O)OCCOC)cc2C(C)CC1(C)C. The van der Waals surface area contributed by atoms with E-state index in [0.29, 0.717) is 12.5 Å². The summed E-state index contributed by atoms with van der Waals surface area (Å²) in [5.41, 5.74) is 4.54. The first-order valence-corrected chi connectivity index (χ1v) is 9.45. The number of rotatable bonds is 6. The summed E-state index contributed by atoms with van der Waals surface area (Å²) in [4.78, 5) is 14.6. The molecule has 5 heteroatoms. The van der Waals surface area contributed by atoms with Crippen LogP contribution in [0.5, 0.6) is 0 Å². The lowest BCUT2D eigenvalue weighted by Gasteiger charge is -2.47. The summed E-state index contributed by atoms with van der Waals surface area (Å²) in [7, 11) is 1.54. The second-order valence-electron chi connectivity index (χ2n) is 7.73. The maximum atomic E-state index is 12.1. The van der Waals surface area contributed by atoms with E-state index in [1.807, 2.05) is 13.0 Å². The summed E-state index contributed by atoms with van der Waals surface area (Å²) >= 11 is 0. The van der Waals surface area contributed by atoms with Gasteiger partial charge in [0.2, 0.25) is 0 Å². The van der Waals surface area contributed by atoms with Gasteiger partial charge < -0.3 is 14.4 Å². The Morgan fingerprint density at radius 2 is 2.11 bits per heavy atom. The Kier molecular flexibility index (Phi) is 6.67. The molecule has 0 spiro atoms. The summed E-state index contributed by atoms with van der Waals surface area (Å²) < 4.78 is 9.95. The van der Waals surface area contributed by atoms with Crippen molar-refractivity contribution >= 4 is 17.7 Å². The number of aryl methyl sites for hydroxylation is 1. The normalized spacial score (nSPS) is 18.6. The van der Waals surface area contributed by atoms with E-state index in [9.17, 15) is 10.1 Å². The van der Waals surface area contributed by atoms with E-state index in [2.05, 4.69) is 44.7 Å². The molecule has 1 atom stereocenters. The van der Waals surface area contributed by atoms with Gasteiger partial charge in [0.15, 0.2) is 0 Å². The molecule has 0 aliphatic carbocycles. The van der Waals surface area contributed by atoms with Gasteiger partial charge in [0.25, 0.3) is 0 Å². The Hall–Kier alpha value is -2.32. The third kappa shape index (κ3) is 4.51. The first kappa shape index (κ1) is 21.0. The van der Waals surface area contributed by atoms with Crippen molar-refractivity contribution in [3.8, 4) is 6.07 Å². The van der Waals surface area contributed by atoms with Crippen molar-refractivity contribution in [3.63, 3.8) is 0 Å². The fourth-order valence-corrected chi connectivity index (χ4v) is 3.99. The Morgan fingerprint density at radius 3 is 2.70 bits per heavy atom. The molecule has 0 aromatic heterocycles. The highest BCUT2D eigenvalue weighted by molar-refractivity contribution is 5.98. The molecule has 1 aromatic rings. The standard InChI is InChI=1S/C22H30N2O3/c1-7-24-20-10-15(2)17(12-19(20)16(3)13-22(24,4)5)11-18(14-23)21(25)27-9-8-26-6/h10-12,16H,7-9,13H2,1-6H3/b18-11-. The van der Waals surface area contributed by atoms with Crippen LogP contribution in [-0.2, 0) is 14.3 Å². The third-order valence-electron chi connectivity index (χ3n) is 5.25. The minimum Gasteiger partial charge on any atom is -0.459 e. The van der Waals surface area contributed by atoms with Gasteiger partial charge in [-0.3, -0.25) is 0 Å². The second kappa shape index (κ2) is 8.58. The van der Waals surface area contributed by atoms with Crippen molar-refractivity contribution in [1.82, 2.24) is 0 Å². The average Bonchev–Trinajstić information content (AvgIpc) is 2.60. The Bertz CT molecular complexity index is 774. The van der Waals surface area contributed by atoms with Gasteiger partial charge in [0, 0.05) is 24.9 Å². The summed E-state index contributed by atoms with van der Waals surface area (Å²) in [5, 5.41) is 9.39. The lowest BCUT2D eigenvalue weighted by Crippen LogP contribution is -2.48. The topological polar surface area (TPSA) is 62.6 Å². The van der Waals surface area contributed by atoms with Crippen LogP contribution >= 0.6 is 0 Å². The van der Waals surface area contributed by atoms with E-state index in [1.165, 1.54) is 18.4 Å². The second-order valence-corrected chi connectivity index (χ2v) is 7.73. The van der Waals surface area contributed by atoms with Crippen LogP contribution in [0.3, 0.4) is 0 Å². The van der Waals surface area contributed by atoms with Crippen LogP contribution < -0.4 is 4.90 Å². The van der Waals surface area contributed by atoms with Crippen molar-refractivity contribution in [3.05, 3.63) is 34.4 Å². The molecule has 0 fully saturated rings. The van der Waals surface area contributed by atoms with Gasteiger partial charge in [-0.25, -0.2) is 4.79 Å². The monoisotopic (exact) mass is 370 g/mol. The molecular weight excluding hydrogens is 340 g/mol. The molecular formula is C22H30N2O3. The quantitative estimate of drug-likeness (QED) is 0.325. The minimum atomic E-state index is -0.615. The molecule has 1 aliphatic rings. The van der Waals surface area contributed by atoms with E-state index in [0.717, 1.165) is 24.1 Å². The van der Waals surface area contributed by atoms with Gasteiger partial charge in [-0.1, -0.05) is 6.92 Å². The number of nitriles is 1. The molecule has 0 saturated heterocycles. The number of hydrogen-bond donors (Lipinski definition) is 0. The highest BCUT2D eigenvalue weighted by Crippen LogP contribution is 2.44. The van der Waals surface area contributed by atoms with Gasteiger partial charge in [0.05, 0.1) is 6.61 Å². The number of fused-ring (bicyclic) bond motifs is 1. The van der Waals surface area contributed by atoms with E-state index in [-0.39, 0.29) is 17.7 Å². The number of anilines is 1. The van der Waals surface area contributed by atoms with Gasteiger partial charge in [-0.15, -0.1) is 0 Å². The average molecular weight is 370 g/mol. The Labute approximate surface area is 162 Å². The number of benzene rings is 1. The van der Waals surface area contributed by atoms with E-state index < -0.39 is 5.97 Å². The zero-order valence-electron chi connectivity index (χ0n) is 17.3. The van der Waals surface area contributed by atoms with Gasteiger partial charge >= 0.3 is 5.97 Å². The van der Waals surface area contributed by atoms with Crippen LogP contribution in [0, 0.1) is 18.3 Å². The molecule has 0 N–H and O–H groups in total. The first-order valence-electron chi connectivity index (χ1n) is 9.45. The predicted octanol–water partition coefficient (Wildman–Crippen LogP) is 4.20. The number of ether oxygens (including phenoxy) is 2. The van der Waals surface area contributed by atoms with Crippen molar-refractivity contribution in [2.24, 2.45) is 0 Å². The molecule has 5 nitrogen and oxygen atoms in total. The molecule has 1 aliphatic heterocycles. The highest BCUT2D eigenvalue weighted by atomic mass is 16.6. The largest absolute Gasteiger partial charge is 0.459 e. The maximum absolute atomic E-state index is 12.1. The van der Waals surface area contributed by atoms with Crippen LogP contribution in [0.4, 0.5) is 5.69 Å². The summed E-state index contributed by atoms with van der Waals surface area (Å²) in [5.74, 6) is -0.208. The molecule has 0 radical (unpaired) electrons. The van der Waals surface area contributed by atoms with Gasteiger partial charge in [0.1, 0.15) is 18.2 Å². The summed E-state index contributed by atoms with van der Waals surface area (Å²) in [6.45, 7) is 12.4. The van der Waals surface area contributed by atoms with Crippen molar-refractivity contribution in [2.75, 3.05) is 31.8 Å². The van der Waals surface area contributed by atoms with E-state index in [4.69, 9.17) is 9.47 Å². The molecule has 0 bridgehead atoms. The number of methoxy groups -OCH3 is 1. The minimum absolute atomic E-state index is 0.00490. The van der Waals surface area contributed by atoms with Crippen molar-refractivity contribution in [2.45, 2.75) is 52.5 Å². The first-order chi connectivity index (χ1) is 12.7. The number of carbonyl (C=O) groups excluding carboxylic acids is 1. The molecule has 1 heterocycles. The zero-order valence-corrected chi connectivity index (χ0v) is 17.3. The fraction of sp³-hybridized carbons (Fsp3) is 0.545. The van der Waals surface area contributed by atoms with Crippen LogP contribution in [0.2, 0.25) is 0 Å². The molecule has 2 rings (SSSR count). The molecule has 0 saturated carbocycles. The van der Waals surface area contributed by atoms with Crippen LogP contribution in [0.15, 0.2) is 17.7 Å². The van der Waals surface area contributed by atoms with Crippen molar-refractivity contribution < 1.29 is 14.3 Å². The van der Waals surface area contributed by atoms with Crippen molar-refractivity contribution in [1.29, 1.82) is 5.26 Å². The summed E-state index contributed by atoms with van der Waals surface area (Å²) in [6, 6.07) is 6.26. The molecule has 1 aromatic carbocycles. The van der Waals surface area contributed by atoms with Crippen LogP contribution in [-0.4, -0.2) is 38.4 Å². The number of esters is 1. The Balaban J connectivity index is 2.41. The number of carbonyl (C=O) groups is 1. The summed E-state index contributed by atoms with van der Waals surface area (Å²) in [6.07, 6.45) is 2.69. The smallest absolute Gasteiger partial charge is 0.348 e. The van der Waals surface area contributed by atoms with Crippen LogP contribution in [0.1, 0.15) is 56.7 Å². The third-order valence-corrected chi connectivity index (χ3v) is 5.25. The molecule has 0 amide bonds. The lowest BCUT2D eigenvalue weighted by atomic mass is 9.79. The van der Waals surface area contributed by atoms with Gasteiger partial charge in [-0.05, 0) is 74.9 Å². The van der Waals surface area contributed by atoms with Crippen LogP contribution in [0.25, 0.3) is 6.08 Å². The predicted molar refractivity (Wildman–Crippen MR) is 108 cm³/mol. The number of hydrogen-bond acceptors (Lipinski definition) is 5. The highest BCUT2D eigenvalue weighted by Gasteiger charge is 2.35. The molecule has 27 heavy (non-hydrogen) atoms. The van der Waals surface area contributed by atoms with E-state index >= 15 is 0 Å². The maximum Gasteiger partial charge on any atom is 0.348 e. The van der Waals surface area contributed by atoms with E-state index in [1.54, 1.807) is 6.08 Å². The van der Waals surface area contributed by atoms with Gasteiger partial charge in [-0.2, -0.15) is 5.26 Å². The lowest BCUT2D eigenvalue weighted by molar-refractivity contribution is -0.139. The molecule has 1 unspecified atom stereocenters. The molecule has 146 valence electrons. The fourth-order valence-electron chi connectivity index (χ4n) is 3.99. The zero-order chi connectivity index (χ0) is 20.2.